The summed E-state index contributed by atoms with van der Waals surface area (Å²) in [6.45, 7) is 2.69. The van der Waals surface area contributed by atoms with E-state index in [0.717, 1.165) is 19.3 Å². The minimum atomic E-state index is -4.02. The van der Waals surface area contributed by atoms with Crippen molar-refractivity contribution in [1.29, 1.82) is 0 Å². The molecule has 0 spiro atoms. The van der Waals surface area contributed by atoms with Crippen LogP contribution in [0.15, 0.2) is 52.3 Å². The Hall–Kier alpha value is -2.14. The topological polar surface area (TPSA) is 110 Å². The van der Waals surface area contributed by atoms with Gasteiger partial charge in [0.05, 0.1) is 27.8 Å². The highest BCUT2D eigenvalue weighted by Gasteiger charge is 2.28. The molecule has 168 valence electrons. The quantitative estimate of drug-likeness (QED) is 0.600. The predicted molar refractivity (Wildman–Crippen MR) is 117 cm³/mol. The summed E-state index contributed by atoms with van der Waals surface area (Å²) in [7, 11) is -7.86. The summed E-state index contributed by atoms with van der Waals surface area (Å²) in [6.07, 6.45) is 2.50. The van der Waals surface area contributed by atoms with Gasteiger partial charge >= 0.3 is 5.97 Å². The summed E-state index contributed by atoms with van der Waals surface area (Å²) in [6, 6.07) is 9.20. The highest BCUT2D eigenvalue weighted by Crippen LogP contribution is 2.30. The zero-order valence-corrected chi connectivity index (χ0v) is 19.3. The Bertz CT molecular complexity index is 1160. The lowest BCUT2D eigenvalue weighted by atomic mass is 10.2. The first kappa shape index (κ1) is 23.5. The fourth-order valence-corrected chi connectivity index (χ4v) is 6.27. The molecule has 0 unspecified atom stereocenters. The monoisotopic (exact) mass is 486 g/mol. The van der Waals surface area contributed by atoms with E-state index in [1.807, 2.05) is 0 Å². The molecule has 1 fully saturated rings. The first-order valence-electron chi connectivity index (χ1n) is 9.75. The highest BCUT2D eigenvalue weighted by molar-refractivity contribution is 7.92. The first-order chi connectivity index (χ1) is 14.6. The second-order valence-corrected chi connectivity index (χ2v) is 11.0. The van der Waals surface area contributed by atoms with E-state index in [9.17, 15) is 21.6 Å². The number of esters is 1. The van der Waals surface area contributed by atoms with E-state index in [4.69, 9.17) is 16.3 Å². The molecule has 31 heavy (non-hydrogen) atoms. The van der Waals surface area contributed by atoms with E-state index in [2.05, 4.69) is 4.72 Å². The molecule has 1 heterocycles. The number of hydrogen-bond acceptors (Lipinski definition) is 6. The molecule has 0 aromatic heterocycles. The Morgan fingerprint density at radius 2 is 1.68 bits per heavy atom. The molecular weight excluding hydrogens is 464 g/mol. The summed E-state index contributed by atoms with van der Waals surface area (Å²) < 4.78 is 60.0. The van der Waals surface area contributed by atoms with Gasteiger partial charge in [0.15, 0.2) is 0 Å². The number of nitrogens with zero attached hydrogens (tertiary/aromatic N) is 1. The third-order valence-electron chi connectivity index (χ3n) is 4.79. The van der Waals surface area contributed by atoms with Crippen LogP contribution in [0.4, 0.5) is 5.69 Å². The van der Waals surface area contributed by atoms with Gasteiger partial charge in [0.2, 0.25) is 10.0 Å². The van der Waals surface area contributed by atoms with Crippen LogP contribution in [-0.2, 0) is 24.8 Å². The van der Waals surface area contributed by atoms with Crippen LogP contribution >= 0.6 is 11.6 Å². The Kier molecular flexibility index (Phi) is 7.25. The zero-order chi connectivity index (χ0) is 22.6. The van der Waals surface area contributed by atoms with Crippen molar-refractivity contribution in [2.45, 2.75) is 36.0 Å². The minimum absolute atomic E-state index is 0.0207. The lowest BCUT2D eigenvalue weighted by molar-refractivity contribution is 0.0526. The van der Waals surface area contributed by atoms with Crippen molar-refractivity contribution in [3.8, 4) is 0 Å². The van der Waals surface area contributed by atoms with Crippen molar-refractivity contribution in [2.24, 2.45) is 0 Å². The number of nitrogens with one attached hydrogen (secondary N) is 1. The zero-order valence-electron chi connectivity index (χ0n) is 16.9. The molecule has 0 radical (unpaired) electrons. The van der Waals surface area contributed by atoms with Crippen molar-refractivity contribution in [3.63, 3.8) is 0 Å². The molecule has 2 aromatic rings. The van der Waals surface area contributed by atoms with Gasteiger partial charge in [-0.25, -0.2) is 21.6 Å². The maximum Gasteiger partial charge on any atom is 0.338 e. The lowest BCUT2D eigenvalue weighted by Gasteiger charge is -2.26. The van der Waals surface area contributed by atoms with Crippen LogP contribution in [0.25, 0.3) is 0 Å². The van der Waals surface area contributed by atoms with Crippen molar-refractivity contribution >= 4 is 43.3 Å². The summed E-state index contributed by atoms with van der Waals surface area (Å²) in [5.74, 6) is -0.551. The van der Waals surface area contributed by atoms with E-state index in [1.165, 1.54) is 46.8 Å². The molecule has 8 nitrogen and oxygen atoms in total. The van der Waals surface area contributed by atoms with Gasteiger partial charge < -0.3 is 4.74 Å². The second kappa shape index (κ2) is 9.56. The molecule has 11 heteroatoms. The van der Waals surface area contributed by atoms with E-state index in [1.54, 1.807) is 6.92 Å². The molecule has 1 aliphatic rings. The van der Waals surface area contributed by atoms with Gasteiger partial charge in [0.25, 0.3) is 10.0 Å². The van der Waals surface area contributed by atoms with Crippen molar-refractivity contribution in [3.05, 3.63) is 53.1 Å². The van der Waals surface area contributed by atoms with Gasteiger partial charge in [-0.15, -0.1) is 0 Å². The third-order valence-corrected chi connectivity index (χ3v) is 8.57. The van der Waals surface area contributed by atoms with Crippen LogP contribution in [-0.4, -0.2) is 46.8 Å². The Labute approximate surface area is 187 Å². The maximum atomic E-state index is 13.0. The van der Waals surface area contributed by atoms with E-state index in [-0.39, 0.29) is 32.7 Å². The van der Waals surface area contributed by atoms with Crippen LogP contribution in [0.1, 0.15) is 36.5 Å². The molecule has 1 aliphatic heterocycles. The summed E-state index contributed by atoms with van der Waals surface area (Å²) in [5, 5.41) is 0.0207. The largest absolute Gasteiger partial charge is 0.462 e. The van der Waals surface area contributed by atoms with Crippen LogP contribution in [0.3, 0.4) is 0 Å². The molecule has 0 atom stereocenters. The van der Waals surface area contributed by atoms with Crippen molar-refractivity contribution in [2.75, 3.05) is 24.4 Å². The molecule has 0 bridgehead atoms. The van der Waals surface area contributed by atoms with Crippen LogP contribution in [0.5, 0.6) is 0 Å². The number of piperidine rings is 1. The van der Waals surface area contributed by atoms with Crippen molar-refractivity contribution in [1.82, 2.24) is 4.31 Å². The number of carbonyl (C=O) groups excluding carboxylic acids is 1. The summed E-state index contributed by atoms with van der Waals surface area (Å²) in [5.41, 5.74) is 0.289. The van der Waals surface area contributed by atoms with Gasteiger partial charge in [0.1, 0.15) is 4.90 Å². The van der Waals surface area contributed by atoms with E-state index in [0.29, 0.717) is 13.1 Å². The number of benzene rings is 2. The molecule has 0 amide bonds. The fraction of sp³-hybridized carbons (Fsp3) is 0.350. The Morgan fingerprint density at radius 3 is 2.29 bits per heavy atom. The SMILES string of the molecule is CCOC(=O)c1ccc(S(=O)(=O)Nc2ccc(Cl)c(S(=O)(=O)N3CCCCC3)c2)cc1. The number of halogens is 1. The maximum absolute atomic E-state index is 13.0. The Morgan fingerprint density at radius 1 is 1.03 bits per heavy atom. The number of sulfonamides is 2. The number of ether oxygens (including phenoxy) is 1. The van der Waals surface area contributed by atoms with Gasteiger partial charge in [-0.2, -0.15) is 4.31 Å². The first-order valence-corrected chi connectivity index (χ1v) is 13.0. The van der Waals surface area contributed by atoms with Crippen LogP contribution in [0, 0.1) is 0 Å². The van der Waals surface area contributed by atoms with Gasteiger partial charge in [-0.3, -0.25) is 4.72 Å². The second-order valence-electron chi connectivity index (χ2n) is 6.96. The molecule has 0 saturated carbocycles. The molecule has 1 saturated heterocycles. The average molecular weight is 487 g/mol. The minimum Gasteiger partial charge on any atom is -0.462 e. The van der Waals surface area contributed by atoms with Crippen molar-refractivity contribution < 1.29 is 26.4 Å². The van der Waals surface area contributed by atoms with Crippen LogP contribution in [0.2, 0.25) is 5.02 Å². The van der Waals surface area contributed by atoms with Gasteiger partial charge in [0, 0.05) is 13.1 Å². The molecule has 1 N–H and O–H groups in total. The summed E-state index contributed by atoms with van der Waals surface area (Å²) >= 11 is 6.13. The average Bonchev–Trinajstić information content (AvgIpc) is 2.75. The molecule has 3 rings (SSSR count). The predicted octanol–water partition coefficient (Wildman–Crippen LogP) is 3.49. The van der Waals surface area contributed by atoms with Crippen LogP contribution < -0.4 is 4.72 Å². The number of hydrogen-bond donors (Lipinski definition) is 1. The lowest BCUT2D eigenvalue weighted by Crippen LogP contribution is -2.35. The number of rotatable bonds is 7. The highest BCUT2D eigenvalue weighted by atomic mass is 35.5. The van der Waals surface area contributed by atoms with E-state index < -0.39 is 26.0 Å². The standard InChI is InChI=1S/C20H23ClN2O6S2/c1-2-29-20(24)15-6-9-17(10-7-15)30(25,26)22-16-8-11-18(21)19(14-16)31(27,28)23-12-4-3-5-13-23/h6-11,14,22H,2-5,12-13H2,1H3. The van der Waals surface area contributed by atoms with Gasteiger partial charge in [-0.05, 0) is 62.2 Å². The third kappa shape index (κ3) is 5.38. The molecule has 2 aromatic carbocycles. The van der Waals surface area contributed by atoms with E-state index >= 15 is 0 Å². The number of carbonyl (C=O) groups is 1. The molecular formula is C20H23ClN2O6S2. The smallest absolute Gasteiger partial charge is 0.338 e. The molecule has 0 aliphatic carbocycles. The Balaban J connectivity index is 1.85. The number of anilines is 1. The fourth-order valence-electron chi connectivity index (χ4n) is 3.21. The summed E-state index contributed by atoms with van der Waals surface area (Å²) in [4.78, 5) is 11.5. The normalized spacial score (nSPS) is 15.4. The van der Waals surface area contributed by atoms with Gasteiger partial charge in [-0.1, -0.05) is 18.0 Å².